The minimum atomic E-state index is -0.158. The standard InChI is InChI=1S/C19H16N4OS/c1-11-9-12(2)21-18-15(11)16-17(25-18)19(24)23(13(3)22-16)20-10-14-7-5-4-6-8-14/h4-10H,1-3H3/b20-10-. The van der Waals surface area contributed by atoms with Gasteiger partial charge in [-0.2, -0.15) is 9.78 Å². The second-order valence-electron chi connectivity index (χ2n) is 5.97. The predicted molar refractivity (Wildman–Crippen MR) is 103 cm³/mol. The normalized spacial score (nSPS) is 11.8. The molecule has 25 heavy (non-hydrogen) atoms. The molecule has 0 spiro atoms. The number of hydrogen-bond acceptors (Lipinski definition) is 5. The van der Waals surface area contributed by atoms with Gasteiger partial charge >= 0.3 is 0 Å². The molecule has 0 bridgehead atoms. The minimum absolute atomic E-state index is 0.158. The van der Waals surface area contributed by atoms with Gasteiger partial charge in [-0.05, 0) is 38.0 Å². The maximum Gasteiger partial charge on any atom is 0.292 e. The smallest absolute Gasteiger partial charge is 0.266 e. The Hall–Kier alpha value is -2.86. The lowest BCUT2D eigenvalue weighted by molar-refractivity contribution is 0.773. The summed E-state index contributed by atoms with van der Waals surface area (Å²) in [5, 5.41) is 5.30. The molecule has 124 valence electrons. The Kier molecular flexibility index (Phi) is 3.69. The molecule has 6 heteroatoms. The van der Waals surface area contributed by atoms with Gasteiger partial charge in [0.2, 0.25) is 0 Å². The first-order valence-corrected chi connectivity index (χ1v) is 8.76. The van der Waals surface area contributed by atoms with Crippen LogP contribution in [0.25, 0.3) is 20.4 Å². The summed E-state index contributed by atoms with van der Waals surface area (Å²) in [5.74, 6) is 0.560. The fourth-order valence-electron chi connectivity index (χ4n) is 2.93. The van der Waals surface area contributed by atoms with E-state index in [1.54, 1.807) is 13.1 Å². The molecule has 0 N–H and O–H groups in total. The number of aromatic nitrogens is 3. The van der Waals surface area contributed by atoms with Crippen LogP contribution >= 0.6 is 11.3 Å². The molecule has 1 aromatic carbocycles. The van der Waals surface area contributed by atoms with Crippen molar-refractivity contribution in [3.8, 4) is 0 Å². The van der Waals surface area contributed by atoms with Crippen molar-refractivity contribution in [2.24, 2.45) is 5.10 Å². The average molecular weight is 348 g/mol. The summed E-state index contributed by atoms with van der Waals surface area (Å²) >= 11 is 1.38. The molecule has 0 unspecified atom stereocenters. The summed E-state index contributed by atoms with van der Waals surface area (Å²) in [7, 11) is 0. The second kappa shape index (κ2) is 5.89. The lowest BCUT2D eigenvalue weighted by Crippen LogP contribution is -2.19. The topological polar surface area (TPSA) is 60.1 Å². The molecule has 0 amide bonds. The van der Waals surface area contributed by atoms with Crippen LogP contribution in [0.1, 0.15) is 22.6 Å². The molecule has 5 nitrogen and oxygen atoms in total. The molecular weight excluding hydrogens is 332 g/mol. The van der Waals surface area contributed by atoms with Gasteiger partial charge < -0.3 is 0 Å². The summed E-state index contributed by atoms with van der Waals surface area (Å²) in [6.07, 6.45) is 1.67. The Balaban J connectivity index is 1.96. The zero-order valence-electron chi connectivity index (χ0n) is 14.1. The second-order valence-corrected chi connectivity index (χ2v) is 6.97. The number of fused-ring (bicyclic) bond motifs is 3. The third-order valence-corrected chi connectivity index (χ3v) is 5.11. The molecule has 4 rings (SSSR count). The third kappa shape index (κ3) is 2.64. The van der Waals surface area contributed by atoms with Gasteiger partial charge in [0.05, 0.1) is 11.7 Å². The molecular formula is C19H16N4OS. The van der Waals surface area contributed by atoms with Gasteiger partial charge in [-0.1, -0.05) is 30.3 Å². The Labute approximate surface area is 148 Å². The van der Waals surface area contributed by atoms with E-state index >= 15 is 0 Å². The van der Waals surface area contributed by atoms with Gasteiger partial charge in [0.15, 0.2) is 0 Å². The minimum Gasteiger partial charge on any atom is -0.266 e. The monoisotopic (exact) mass is 348 g/mol. The van der Waals surface area contributed by atoms with Crippen molar-refractivity contribution in [2.75, 3.05) is 0 Å². The number of pyridine rings is 1. The molecule has 0 aliphatic heterocycles. The van der Waals surface area contributed by atoms with E-state index < -0.39 is 0 Å². The zero-order valence-corrected chi connectivity index (χ0v) is 15.0. The summed E-state index contributed by atoms with van der Waals surface area (Å²) < 4.78 is 1.94. The van der Waals surface area contributed by atoms with Crippen molar-refractivity contribution in [3.63, 3.8) is 0 Å². The predicted octanol–water partition coefficient (Wildman–Crippen LogP) is 3.81. The highest BCUT2D eigenvalue weighted by molar-refractivity contribution is 7.25. The van der Waals surface area contributed by atoms with Crippen molar-refractivity contribution >= 4 is 38.0 Å². The fourth-order valence-corrected chi connectivity index (χ4v) is 4.09. The van der Waals surface area contributed by atoms with Crippen LogP contribution in [0, 0.1) is 20.8 Å². The highest BCUT2D eigenvalue weighted by Crippen LogP contribution is 2.32. The number of aryl methyl sites for hydroxylation is 3. The maximum absolute atomic E-state index is 12.9. The third-order valence-electron chi connectivity index (χ3n) is 4.05. The maximum atomic E-state index is 12.9. The molecule has 0 fully saturated rings. The van der Waals surface area contributed by atoms with Crippen LogP contribution in [-0.4, -0.2) is 20.9 Å². The van der Waals surface area contributed by atoms with Crippen LogP contribution in [0.4, 0.5) is 0 Å². The van der Waals surface area contributed by atoms with Crippen molar-refractivity contribution in [1.82, 2.24) is 14.6 Å². The summed E-state index contributed by atoms with van der Waals surface area (Å²) in [4.78, 5) is 23.0. The van der Waals surface area contributed by atoms with E-state index in [9.17, 15) is 4.79 Å². The first kappa shape index (κ1) is 15.7. The number of nitrogens with zero attached hydrogens (tertiary/aromatic N) is 4. The largest absolute Gasteiger partial charge is 0.292 e. The summed E-state index contributed by atoms with van der Waals surface area (Å²) in [5.41, 5.74) is 3.52. The van der Waals surface area contributed by atoms with Crippen LogP contribution in [0.3, 0.4) is 0 Å². The lowest BCUT2D eigenvalue weighted by atomic mass is 10.1. The highest BCUT2D eigenvalue weighted by Gasteiger charge is 2.16. The molecule has 0 aliphatic carbocycles. The van der Waals surface area contributed by atoms with E-state index in [0.29, 0.717) is 10.5 Å². The lowest BCUT2D eigenvalue weighted by Gasteiger charge is -2.03. The SMILES string of the molecule is Cc1cc(C)c2c(n1)sc1c(=O)n(/N=C\c3ccccc3)c(C)nc12. The number of hydrogen-bond donors (Lipinski definition) is 0. The first-order valence-electron chi connectivity index (χ1n) is 7.94. The van der Waals surface area contributed by atoms with E-state index in [2.05, 4.69) is 15.1 Å². The molecule has 3 aromatic heterocycles. The van der Waals surface area contributed by atoms with Gasteiger partial charge in [0.1, 0.15) is 15.4 Å². The van der Waals surface area contributed by atoms with E-state index in [1.165, 1.54) is 16.0 Å². The number of benzene rings is 1. The quantitative estimate of drug-likeness (QED) is 0.518. The fraction of sp³-hybridized carbons (Fsp3) is 0.158. The number of rotatable bonds is 2. The van der Waals surface area contributed by atoms with Crippen LogP contribution in [0.15, 0.2) is 46.3 Å². The molecule has 4 aromatic rings. The van der Waals surface area contributed by atoms with Gasteiger partial charge in [-0.15, -0.1) is 11.3 Å². The zero-order chi connectivity index (χ0) is 17.6. The summed E-state index contributed by atoms with van der Waals surface area (Å²) in [6, 6.07) is 11.7. The van der Waals surface area contributed by atoms with Gasteiger partial charge in [0.25, 0.3) is 5.56 Å². The van der Waals surface area contributed by atoms with Crippen molar-refractivity contribution < 1.29 is 0 Å². The molecule has 0 saturated heterocycles. The summed E-state index contributed by atoms with van der Waals surface area (Å²) in [6.45, 7) is 5.78. The Morgan fingerprint density at radius 3 is 2.64 bits per heavy atom. The van der Waals surface area contributed by atoms with Crippen molar-refractivity contribution in [2.45, 2.75) is 20.8 Å². The van der Waals surface area contributed by atoms with Crippen molar-refractivity contribution in [1.29, 1.82) is 0 Å². The van der Waals surface area contributed by atoms with Gasteiger partial charge in [-0.3, -0.25) is 4.79 Å². The molecule has 0 aliphatic rings. The van der Waals surface area contributed by atoms with E-state index in [1.807, 2.05) is 50.2 Å². The Morgan fingerprint density at radius 2 is 1.88 bits per heavy atom. The Morgan fingerprint density at radius 1 is 1.12 bits per heavy atom. The first-order chi connectivity index (χ1) is 12.0. The van der Waals surface area contributed by atoms with Crippen LogP contribution in [0.2, 0.25) is 0 Å². The molecule has 0 saturated carbocycles. The van der Waals surface area contributed by atoms with Crippen LogP contribution in [0.5, 0.6) is 0 Å². The van der Waals surface area contributed by atoms with E-state index in [-0.39, 0.29) is 5.56 Å². The molecule has 0 atom stereocenters. The van der Waals surface area contributed by atoms with Crippen molar-refractivity contribution in [3.05, 3.63) is 69.4 Å². The average Bonchev–Trinajstić information content (AvgIpc) is 2.94. The van der Waals surface area contributed by atoms with E-state index in [0.717, 1.165) is 32.6 Å². The number of thiophene rings is 1. The molecule has 3 heterocycles. The Bertz CT molecular complexity index is 1190. The van der Waals surface area contributed by atoms with Crippen LogP contribution < -0.4 is 5.56 Å². The highest BCUT2D eigenvalue weighted by atomic mass is 32.1. The van der Waals surface area contributed by atoms with E-state index in [4.69, 9.17) is 0 Å². The van der Waals surface area contributed by atoms with Gasteiger partial charge in [0, 0.05) is 11.1 Å². The van der Waals surface area contributed by atoms with Gasteiger partial charge in [-0.25, -0.2) is 9.97 Å². The van der Waals surface area contributed by atoms with Crippen LogP contribution in [-0.2, 0) is 0 Å². The molecule has 0 radical (unpaired) electrons.